The van der Waals surface area contributed by atoms with Crippen LogP contribution in [0.1, 0.15) is 10.4 Å². The molecule has 41 heavy (non-hydrogen) atoms. The highest BCUT2D eigenvalue weighted by molar-refractivity contribution is 7.19. The number of aryl methyl sites for hydroxylation is 1. The number of nitrogens with zero attached hydrogens (tertiary/aromatic N) is 1. The number of hydrogen-bond acceptors (Lipinski definition) is 2. The van der Waals surface area contributed by atoms with Crippen LogP contribution in [-0.4, -0.2) is 0 Å². The van der Waals surface area contributed by atoms with Crippen molar-refractivity contribution in [1.82, 2.24) is 0 Å². The Kier molecular flexibility index (Phi) is 6.47. The largest absolute Gasteiger partial charge is 0.310 e. The summed E-state index contributed by atoms with van der Waals surface area (Å²) in [5.74, 6) is 0. The molecule has 1 heterocycles. The smallest absolute Gasteiger partial charge is 0.0468 e. The number of thiophene rings is 1. The third-order valence-electron chi connectivity index (χ3n) is 7.80. The lowest BCUT2D eigenvalue weighted by Crippen LogP contribution is -2.09. The molecule has 0 amide bonds. The van der Waals surface area contributed by atoms with Crippen molar-refractivity contribution in [2.45, 2.75) is 6.92 Å². The molecule has 6 aromatic carbocycles. The molecule has 0 unspecified atom stereocenters. The predicted molar refractivity (Wildman–Crippen MR) is 180 cm³/mol. The molecule has 1 aromatic heterocycles. The standard InChI is InChI=1S/C39H29NS/c1-3-37-27(2)41-39-24-23-36(26-38(37)39)40(34-19-15-30(16-20-34)28-9-5-4-6-10-28)35-21-17-31(18-22-35)33-14-13-29-11-7-8-12-32(29)25-33/h3-26H,1H2,2H3. The Hall–Kier alpha value is -4.92. The van der Waals surface area contributed by atoms with Gasteiger partial charge in [0.1, 0.15) is 0 Å². The first-order chi connectivity index (χ1) is 20.2. The molecule has 0 atom stereocenters. The summed E-state index contributed by atoms with van der Waals surface area (Å²) >= 11 is 1.83. The van der Waals surface area contributed by atoms with Crippen molar-refractivity contribution in [1.29, 1.82) is 0 Å². The van der Waals surface area contributed by atoms with E-state index < -0.39 is 0 Å². The zero-order valence-corrected chi connectivity index (χ0v) is 23.7. The summed E-state index contributed by atoms with van der Waals surface area (Å²) in [6, 6.07) is 50.3. The topological polar surface area (TPSA) is 3.24 Å². The van der Waals surface area contributed by atoms with E-state index >= 15 is 0 Å². The summed E-state index contributed by atoms with van der Waals surface area (Å²) in [7, 11) is 0. The molecule has 7 rings (SSSR count). The van der Waals surface area contributed by atoms with Gasteiger partial charge in [0.25, 0.3) is 0 Å². The number of fused-ring (bicyclic) bond motifs is 2. The Bertz CT molecular complexity index is 2000. The monoisotopic (exact) mass is 543 g/mol. The van der Waals surface area contributed by atoms with E-state index in [1.807, 2.05) is 17.4 Å². The third-order valence-corrected chi connectivity index (χ3v) is 8.90. The molecule has 196 valence electrons. The summed E-state index contributed by atoms with van der Waals surface area (Å²) in [6.07, 6.45) is 1.98. The zero-order chi connectivity index (χ0) is 27.8. The van der Waals surface area contributed by atoms with Crippen molar-refractivity contribution in [2.24, 2.45) is 0 Å². The molecule has 0 bridgehead atoms. The van der Waals surface area contributed by atoms with Crippen LogP contribution in [0.15, 0.2) is 146 Å². The third kappa shape index (κ3) is 4.73. The molecule has 0 aliphatic heterocycles. The second-order valence-electron chi connectivity index (χ2n) is 10.3. The Labute approximate surface area is 245 Å². The van der Waals surface area contributed by atoms with Crippen LogP contribution in [0.3, 0.4) is 0 Å². The maximum absolute atomic E-state index is 4.09. The van der Waals surface area contributed by atoms with Crippen molar-refractivity contribution < 1.29 is 0 Å². The first-order valence-electron chi connectivity index (χ1n) is 13.9. The first-order valence-corrected chi connectivity index (χ1v) is 14.7. The zero-order valence-electron chi connectivity index (χ0n) is 22.9. The normalized spacial score (nSPS) is 11.1. The van der Waals surface area contributed by atoms with Gasteiger partial charge in [-0.15, -0.1) is 11.3 Å². The summed E-state index contributed by atoms with van der Waals surface area (Å²) < 4.78 is 1.28. The number of hydrogen-bond donors (Lipinski definition) is 0. The van der Waals surface area contributed by atoms with Gasteiger partial charge in [-0.1, -0.05) is 104 Å². The first kappa shape index (κ1) is 25.1. The van der Waals surface area contributed by atoms with Gasteiger partial charge < -0.3 is 4.90 Å². The van der Waals surface area contributed by atoms with Gasteiger partial charge in [-0.05, 0) is 94.0 Å². The van der Waals surface area contributed by atoms with Crippen molar-refractivity contribution in [3.8, 4) is 22.3 Å². The number of anilines is 3. The van der Waals surface area contributed by atoms with E-state index in [0.717, 1.165) is 17.1 Å². The van der Waals surface area contributed by atoms with E-state index in [4.69, 9.17) is 0 Å². The highest BCUT2D eigenvalue weighted by atomic mass is 32.1. The molecule has 0 N–H and O–H groups in total. The van der Waals surface area contributed by atoms with E-state index in [2.05, 4.69) is 158 Å². The van der Waals surface area contributed by atoms with Gasteiger partial charge in [0.15, 0.2) is 0 Å². The fourth-order valence-corrected chi connectivity index (χ4v) is 6.72. The summed E-state index contributed by atoms with van der Waals surface area (Å²) in [4.78, 5) is 3.64. The van der Waals surface area contributed by atoms with Crippen LogP contribution in [0.25, 0.3) is 49.2 Å². The molecule has 0 saturated carbocycles. The second-order valence-corrected chi connectivity index (χ2v) is 11.6. The molecular formula is C39H29NS. The van der Waals surface area contributed by atoms with E-state index in [1.165, 1.54) is 53.6 Å². The lowest BCUT2D eigenvalue weighted by molar-refractivity contribution is 1.29. The van der Waals surface area contributed by atoms with Crippen LogP contribution in [0.4, 0.5) is 17.1 Å². The van der Waals surface area contributed by atoms with Gasteiger partial charge in [0.2, 0.25) is 0 Å². The summed E-state index contributed by atoms with van der Waals surface area (Å²) in [5, 5.41) is 3.77. The van der Waals surface area contributed by atoms with Crippen LogP contribution in [-0.2, 0) is 0 Å². The fraction of sp³-hybridized carbons (Fsp3) is 0.0256. The van der Waals surface area contributed by atoms with Crippen molar-refractivity contribution in [3.63, 3.8) is 0 Å². The van der Waals surface area contributed by atoms with Gasteiger partial charge in [0.05, 0.1) is 0 Å². The SMILES string of the molecule is C=Cc1c(C)sc2ccc(N(c3ccc(-c4ccccc4)cc3)c3ccc(-c4ccc5ccccc5c4)cc3)cc12. The van der Waals surface area contributed by atoms with Crippen LogP contribution in [0.5, 0.6) is 0 Å². The minimum atomic E-state index is 1.12. The molecule has 0 aliphatic rings. The Balaban J connectivity index is 1.32. The van der Waals surface area contributed by atoms with E-state index in [1.54, 1.807) is 0 Å². The van der Waals surface area contributed by atoms with Crippen LogP contribution < -0.4 is 4.90 Å². The average molecular weight is 544 g/mol. The van der Waals surface area contributed by atoms with Crippen molar-refractivity contribution in [2.75, 3.05) is 4.90 Å². The predicted octanol–water partition coefficient (Wildman–Crippen LogP) is 11.8. The molecule has 7 aromatic rings. The van der Waals surface area contributed by atoms with Crippen molar-refractivity contribution >= 4 is 55.3 Å². The minimum absolute atomic E-state index is 1.12. The molecule has 0 aliphatic carbocycles. The van der Waals surface area contributed by atoms with Gasteiger partial charge in [0, 0.05) is 32.0 Å². The lowest BCUT2D eigenvalue weighted by Gasteiger charge is -2.26. The number of benzene rings is 6. The lowest BCUT2D eigenvalue weighted by atomic mass is 10.0. The Morgan fingerprint density at radius 3 is 1.78 bits per heavy atom. The Morgan fingerprint density at radius 2 is 1.10 bits per heavy atom. The molecule has 2 heteroatoms. The fourth-order valence-electron chi connectivity index (χ4n) is 5.67. The van der Waals surface area contributed by atoms with E-state index in [0.29, 0.717) is 0 Å². The van der Waals surface area contributed by atoms with Gasteiger partial charge >= 0.3 is 0 Å². The maximum atomic E-state index is 4.09. The van der Waals surface area contributed by atoms with Crippen LogP contribution >= 0.6 is 11.3 Å². The van der Waals surface area contributed by atoms with Crippen LogP contribution in [0.2, 0.25) is 0 Å². The maximum Gasteiger partial charge on any atom is 0.0468 e. The average Bonchev–Trinajstić information content (AvgIpc) is 3.36. The number of rotatable bonds is 6. The highest BCUT2D eigenvalue weighted by Crippen LogP contribution is 2.40. The van der Waals surface area contributed by atoms with Gasteiger partial charge in [-0.2, -0.15) is 0 Å². The molecule has 0 radical (unpaired) electrons. The molecule has 0 saturated heterocycles. The van der Waals surface area contributed by atoms with Crippen molar-refractivity contribution in [3.05, 3.63) is 157 Å². The van der Waals surface area contributed by atoms with E-state index in [-0.39, 0.29) is 0 Å². The Morgan fingerprint density at radius 1 is 0.537 bits per heavy atom. The van der Waals surface area contributed by atoms with Gasteiger partial charge in [-0.3, -0.25) is 0 Å². The van der Waals surface area contributed by atoms with E-state index in [9.17, 15) is 0 Å². The molecular weight excluding hydrogens is 515 g/mol. The quantitative estimate of drug-likeness (QED) is 0.202. The van der Waals surface area contributed by atoms with Crippen LogP contribution in [0, 0.1) is 6.92 Å². The minimum Gasteiger partial charge on any atom is -0.310 e. The summed E-state index contributed by atoms with van der Waals surface area (Å²) in [6.45, 7) is 6.27. The molecule has 1 nitrogen and oxygen atoms in total. The highest BCUT2D eigenvalue weighted by Gasteiger charge is 2.16. The van der Waals surface area contributed by atoms with Gasteiger partial charge in [-0.25, -0.2) is 0 Å². The second kappa shape index (κ2) is 10.6. The molecule has 0 spiro atoms. The summed E-state index contributed by atoms with van der Waals surface area (Å²) in [5.41, 5.74) is 9.44. The molecule has 0 fully saturated rings.